The molecule has 0 radical (unpaired) electrons. The number of aromatic nitrogens is 2. The highest BCUT2D eigenvalue weighted by Crippen LogP contribution is 2.34. The molecule has 2 aromatic carbocycles. The van der Waals surface area contributed by atoms with Crippen molar-refractivity contribution in [1.82, 2.24) is 14.9 Å². The minimum absolute atomic E-state index is 0.0566. The van der Waals surface area contributed by atoms with Gasteiger partial charge in [-0.05, 0) is 80.7 Å². The van der Waals surface area contributed by atoms with Gasteiger partial charge in [-0.1, -0.05) is 0 Å². The Labute approximate surface area is 181 Å². The van der Waals surface area contributed by atoms with Crippen molar-refractivity contribution in [2.75, 3.05) is 25.0 Å². The third kappa shape index (κ3) is 4.21. The van der Waals surface area contributed by atoms with Crippen LogP contribution in [0.25, 0.3) is 10.9 Å². The summed E-state index contributed by atoms with van der Waals surface area (Å²) >= 11 is 0. The maximum atomic E-state index is 11.4. The van der Waals surface area contributed by atoms with Crippen LogP contribution < -0.4 is 15.2 Å². The predicted molar refractivity (Wildman–Crippen MR) is 119 cm³/mol. The zero-order valence-corrected chi connectivity index (χ0v) is 18.1. The van der Waals surface area contributed by atoms with Gasteiger partial charge in [-0.3, -0.25) is 4.90 Å². The van der Waals surface area contributed by atoms with Crippen LogP contribution in [0.5, 0.6) is 5.75 Å². The van der Waals surface area contributed by atoms with Crippen LogP contribution in [0.15, 0.2) is 47.5 Å². The van der Waals surface area contributed by atoms with Crippen molar-refractivity contribution < 1.29 is 13.2 Å². The highest BCUT2D eigenvalue weighted by molar-refractivity contribution is 7.89. The summed E-state index contributed by atoms with van der Waals surface area (Å²) in [5, 5.41) is 9.21. The number of sulfonamides is 1. The summed E-state index contributed by atoms with van der Waals surface area (Å²) in [6.07, 6.45) is 4.33. The first-order valence-corrected chi connectivity index (χ1v) is 12.0. The maximum Gasteiger partial charge on any atom is 0.238 e. The van der Waals surface area contributed by atoms with Crippen molar-refractivity contribution in [2.24, 2.45) is 11.1 Å². The molecule has 1 aromatic heterocycles. The standard InChI is InChI=1S/C22H25N5O3S/c1-14-10-16-12-24-22(25-17-2-4-18(5-3-17)31(23,28)29)26-21(16)19(11-14)30-20-13-27-8-6-15(20)7-9-27/h2-5,10-12,15,20H,6-9,13H2,1H3,(H2,23,28,29)(H,24,25,26). The largest absolute Gasteiger partial charge is 0.487 e. The number of anilines is 2. The summed E-state index contributed by atoms with van der Waals surface area (Å²) in [5.74, 6) is 1.79. The van der Waals surface area contributed by atoms with Gasteiger partial charge in [0.15, 0.2) is 0 Å². The molecule has 9 heteroatoms. The van der Waals surface area contributed by atoms with E-state index in [0.717, 1.165) is 28.8 Å². The normalized spacial score (nSPS) is 23.1. The minimum Gasteiger partial charge on any atom is -0.487 e. The molecule has 0 amide bonds. The van der Waals surface area contributed by atoms with Crippen molar-refractivity contribution in [3.8, 4) is 5.75 Å². The summed E-state index contributed by atoms with van der Waals surface area (Å²) in [7, 11) is -3.73. The molecule has 3 aliphatic rings. The van der Waals surface area contributed by atoms with Gasteiger partial charge < -0.3 is 10.1 Å². The first-order chi connectivity index (χ1) is 14.8. The molecule has 3 fully saturated rings. The fraction of sp³-hybridized carbons (Fsp3) is 0.364. The molecular weight excluding hydrogens is 414 g/mol. The molecule has 31 heavy (non-hydrogen) atoms. The Balaban J connectivity index is 1.43. The molecule has 0 spiro atoms. The zero-order chi connectivity index (χ0) is 21.6. The van der Waals surface area contributed by atoms with Crippen LogP contribution in [0, 0.1) is 12.8 Å². The fourth-order valence-corrected chi connectivity index (χ4v) is 4.99. The summed E-state index contributed by atoms with van der Waals surface area (Å²) in [4.78, 5) is 11.6. The molecule has 1 atom stereocenters. The summed E-state index contributed by atoms with van der Waals surface area (Å²) in [6.45, 7) is 5.34. The van der Waals surface area contributed by atoms with Gasteiger partial charge in [-0.15, -0.1) is 0 Å². The minimum atomic E-state index is -3.73. The van der Waals surface area contributed by atoms with E-state index < -0.39 is 10.0 Å². The number of primary sulfonamides is 1. The number of nitrogens with zero attached hydrogens (tertiary/aromatic N) is 3. The fourth-order valence-electron chi connectivity index (χ4n) is 4.47. The molecule has 4 heterocycles. The van der Waals surface area contributed by atoms with Crippen molar-refractivity contribution in [1.29, 1.82) is 0 Å². The van der Waals surface area contributed by atoms with Crippen LogP contribution in [0.3, 0.4) is 0 Å². The second-order valence-corrected chi connectivity index (χ2v) is 9.94. The number of nitrogens with two attached hydrogens (primary N) is 1. The van der Waals surface area contributed by atoms with Gasteiger partial charge >= 0.3 is 0 Å². The molecule has 0 aliphatic carbocycles. The van der Waals surface area contributed by atoms with Crippen molar-refractivity contribution in [2.45, 2.75) is 30.8 Å². The number of benzene rings is 2. The quantitative estimate of drug-likeness (QED) is 0.629. The van der Waals surface area contributed by atoms with Gasteiger partial charge in [-0.2, -0.15) is 0 Å². The summed E-state index contributed by atoms with van der Waals surface area (Å²) in [5.41, 5.74) is 2.53. The van der Waals surface area contributed by atoms with Gasteiger partial charge in [0.25, 0.3) is 0 Å². The average molecular weight is 440 g/mol. The molecule has 6 rings (SSSR count). The van der Waals surface area contributed by atoms with E-state index in [1.807, 2.05) is 19.1 Å². The van der Waals surface area contributed by atoms with Crippen LogP contribution in [0.2, 0.25) is 0 Å². The lowest BCUT2D eigenvalue weighted by Crippen LogP contribution is -2.52. The third-order valence-corrected chi connectivity index (χ3v) is 7.04. The van der Waals surface area contributed by atoms with E-state index in [4.69, 9.17) is 14.9 Å². The lowest BCUT2D eigenvalue weighted by molar-refractivity contribution is -0.00712. The van der Waals surface area contributed by atoms with Crippen LogP contribution in [-0.4, -0.2) is 49.0 Å². The monoisotopic (exact) mass is 439 g/mol. The van der Waals surface area contributed by atoms with E-state index in [9.17, 15) is 8.42 Å². The Morgan fingerprint density at radius 2 is 1.90 bits per heavy atom. The lowest BCUT2D eigenvalue weighted by atomic mass is 9.86. The Hall–Kier alpha value is -2.75. The Kier molecular flexibility index (Phi) is 5.04. The van der Waals surface area contributed by atoms with Crippen LogP contribution >= 0.6 is 0 Å². The Bertz CT molecular complexity index is 1220. The molecule has 8 nitrogen and oxygen atoms in total. The van der Waals surface area contributed by atoms with Gasteiger partial charge in [0.05, 0.1) is 4.90 Å². The van der Waals surface area contributed by atoms with Gasteiger partial charge in [0.1, 0.15) is 17.4 Å². The third-order valence-electron chi connectivity index (χ3n) is 6.11. The highest BCUT2D eigenvalue weighted by atomic mass is 32.2. The molecule has 1 unspecified atom stereocenters. The first kappa shape index (κ1) is 20.2. The van der Waals surface area contributed by atoms with Gasteiger partial charge in [-0.25, -0.2) is 23.5 Å². The number of ether oxygens (including phenoxy) is 1. The van der Waals surface area contributed by atoms with Gasteiger partial charge in [0.2, 0.25) is 16.0 Å². The number of hydrogen-bond donors (Lipinski definition) is 2. The molecule has 2 bridgehead atoms. The number of fused-ring (bicyclic) bond motifs is 4. The lowest BCUT2D eigenvalue weighted by Gasteiger charge is -2.44. The second-order valence-electron chi connectivity index (χ2n) is 8.38. The first-order valence-electron chi connectivity index (χ1n) is 10.4. The molecule has 3 aliphatic heterocycles. The van der Waals surface area contributed by atoms with E-state index in [-0.39, 0.29) is 11.0 Å². The van der Waals surface area contributed by atoms with E-state index in [2.05, 4.69) is 15.2 Å². The number of nitrogens with one attached hydrogen (secondary N) is 1. The summed E-state index contributed by atoms with van der Waals surface area (Å²) < 4.78 is 29.4. The SMILES string of the molecule is Cc1cc(OC2CN3CCC2CC3)c2nc(Nc3ccc(S(N)(=O)=O)cc3)ncc2c1. The van der Waals surface area contributed by atoms with E-state index in [0.29, 0.717) is 17.6 Å². The topological polar surface area (TPSA) is 110 Å². The molecule has 162 valence electrons. The Morgan fingerprint density at radius 1 is 1.16 bits per heavy atom. The van der Waals surface area contributed by atoms with E-state index in [1.165, 1.54) is 38.1 Å². The summed E-state index contributed by atoms with van der Waals surface area (Å²) in [6, 6.07) is 10.2. The van der Waals surface area contributed by atoms with Crippen LogP contribution in [0.4, 0.5) is 11.6 Å². The average Bonchev–Trinajstić information content (AvgIpc) is 2.75. The molecule has 3 saturated heterocycles. The second kappa shape index (κ2) is 7.74. The number of piperidine rings is 3. The van der Waals surface area contributed by atoms with Crippen molar-refractivity contribution in [3.05, 3.63) is 48.2 Å². The predicted octanol–water partition coefficient (Wildman–Crippen LogP) is 2.80. The van der Waals surface area contributed by atoms with Crippen molar-refractivity contribution in [3.63, 3.8) is 0 Å². The van der Waals surface area contributed by atoms with E-state index >= 15 is 0 Å². The molecular formula is C22H25N5O3S. The number of aryl methyl sites for hydroxylation is 1. The van der Waals surface area contributed by atoms with E-state index in [1.54, 1.807) is 18.3 Å². The highest BCUT2D eigenvalue weighted by Gasteiger charge is 2.35. The maximum absolute atomic E-state index is 11.4. The molecule has 3 aromatic rings. The number of rotatable bonds is 5. The van der Waals surface area contributed by atoms with Crippen molar-refractivity contribution >= 4 is 32.6 Å². The number of hydrogen-bond acceptors (Lipinski definition) is 7. The Morgan fingerprint density at radius 3 is 2.55 bits per heavy atom. The van der Waals surface area contributed by atoms with Crippen LogP contribution in [0.1, 0.15) is 18.4 Å². The zero-order valence-electron chi connectivity index (χ0n) is 17.3. The molecule has 0 saturated carbocycles. The van der Waals surface area contributed by atoms with Crippen LogP contribution in [-0.2, 0) is 10.0 Å². The van der Waals surface area contributed by atoms with Gasteiger partial charge in [0, 0.05) is 23.8 Å². The smallest absolute Gasteiger partial charge is 0.238 e. The molecule has 3 N–H and O–H groups in total.